The van der Waals surface area contributed by atoms with Gasteiger partial charge in [0.25, 0.3) is 5.56 Å². The van der Waals surface area contributed by atoms with Crippen LogP contribution in [0.5, 0.6) is 0 Å². The minimum absolute atomic E-state index is 0.0457. The summed E-state index contributed by atoms with van der Waals surface area (Å²) in [5.41, 5.74) is 2.90. The molecule has 0 spiro atoms. The van der Waals surface area contributed by atoms with Crippen LogP contribution in [0.1, 0.15) is 18.1 Å². The molecular formula is C21H19ClN6O2. The van der Waals surface area contributed by atoms with Crippen LogP contribution in [-0.2, 0) is 12.5 Å². The lowest BCUT2D eigenvalue weighted by molar-refractivity contribution is 0.219. The zero-order chi connectivity index (χ0) is 21.5. The molecule has 1 aromatic carbocycles. The molecule has 1 aliphatic rings. The lowest BCUT2D eigenvalue weighted by Gasteiger charge is -2.21. The maximum Gasteiger partial charge on any atom is 0.274 e. The fourth-order valence-electron chi connectivity index (χ4n) is 3.52. The van der Waals surface area contributed by atoms with Gasteiger partial charge in [0.15, 0.2) is 0 Å². The number of hydrogen-bond acceptors (Lipinski definition) is 7. The van der Waals surface area contributed by atoms with Crippen molar-refractivity contribution in [2.45, 2.75) is 12.3 Å². The van der Waals surface area contributed by atoms with E-state index in [-0.39, 0.29) is 23.8 Å². The number of benzene rings is 1. The van der Waals surface area contributed by atoms with Gasteiger partial charge in [-0.1, -0.05) is 18.5 Å². The van der Waals surface area contributed by atoms with Crippen LogP contribution in [0.25, 0.3) is 11.3 Å². The van der Waals surface area contributed by atoms with Crippen LogP contribution in [0.2, 0.25) is 5.02 Å². The van der Waals surface area contributed by atoms with Crippen LogP contribution < -0.4 is 16.2 Å². The minimum atomic E-state index is -0.488. The van der Waals surface area contributed by atoms with Gasteiger partial charge in [0.05, 0.1) is 28.6 Å². The number of fused-ring (bicyclic) bond motifs is 1. The molecule has 0 bridgehead atoms. The SMILES string of the molecule is Cn1cc(Cl)cc(Nc2nccc(-c3cc(C#N)c4c(c3)C(C)(CO)CN4)n2)c1=O. The fourth-order valence-corrected chi connectivity index (χ4v) is 3.78. The molecule has 3 aromatic rings. The summed E-state index contributed by atoms with van der Waals surface area (Å²) in [5, 5.41) is 26.0. The van der Waals surface area contributed by atoms with E-state index < -0.39 is 5.41 Å². The maximum absolute atomic E-state index is 12.3. The van der Waals surface area contributed by atoms with Crippen LogP contribution in [-0.4, -0.2) is 32.8 Å². The summed E-state index contributed by atoms with van der Waals surface area (Å²) < 4.78 is 1.37. The molecule has 3 N–H and O–H groups in total. The lowest BCUT2D eigenvalue weighted by atomic mass is 9.83. The molecule has 1 aliphatic heterocycles. The summed E-state index contributed by atoms with van der Waals surface area (Å²) in [7, 11) is 1.61. The zero-order valence-corrected chi connectivity index (χ0v) is 17.2. The van der Waals surface area contributed by atoms with Gasteiger partial charge in [0.2, 0.25) is 5.95 Å². The fraction of sp³-hybridized carbons (Fsp3) is 0.238. The number of aliphatic hydroxyl groups excluding tert-OH is 1. The first-order valence-corrected chi connectivity index (χ1v) is 9.62. The first-order valence-electron chi connectivity index (χ1n) is 9.24. The number of rotatable bonds is 4. The number of halogens is 1. The molecule has 0 fully saturated rings. The normalized spacial score (nSPS) is 17.2. The Morgan fingerprint density at radius 1 is 1.43 bits per heavy atom. The molecule has 1 unspecified atom stereocenters. The molecular weight excluding hydrogens is 404 g/mol. The number of hydrogen-bond donors (Lipinski definition) is 3. The van der Waals surface area contributed by atoms with E-state index in [0.29, 0.717) is 22.8 Å². The summed E-state index contributed by atoms with van der Waals surface area (Å²) in [6.45, 7) is 2.44. The molecule has 2 aromatic heterocycles. The Kier molecular flexibility index (Phi) is 4.94. The van der Waals surface area contributed by atoms with Gasteiger partial charge >= 0.3 is 0 Å². The second-order valence-corrected chi connectivity index (χ2v) is 7.95. The van der Waals surface area contributed by atoms with Crippen molar-refractivity contribution < 1.29 is 5.11 Å². The summed E-state index contributed by atoms with van der Waals surface area (Å²) in [5.74, 6) is 0.230. The van der Waals surface area contributed by atoms with E-state index >= 15 is 0 Å². The summed E-state index contributed by atoms with van der Waals surface area (Å²) in [4.78, 5) is 21.0. The number of aryl methyl sites for hydroxylation is 1. The molecule has 152 valence electrons. The van der Waals surface area contributed by atoms with Crippen LogP contribution in [0, 0.1) is 11.3 Å². The van der Waals surface area contributed by atoms with Crippen molar-refractivity contribution in [3.05, 3.63) is 63.2 Å². The number of aromatic nitrogens is 3. The minimum Gasteiger partial charge on any atom is -0.395 e. The molecule has 8 nitrogen and oxygen atoms in total. The van der Waals surface area contributed by atoms with E-state index in [1.54, 1.807) is 25.4 Å². The highest BCUT2D eigenvalue weighted by molar-refractivity contribution is 6.30. The second-order valence-electron chi connectivity index (χ2n) is 7.51. The number of pyridine rings is 1. The molecule has 9 heteroatoms. The number of anilines is 3. The van der Waals surface area contributed by atoms with E-state index in [4.69, 9.17) is 11.6 Å². The van der Waals surface area contributed by atoms with Gasteiger partial charge in [-0.15, -0.1) is 0 Å². The van der Waals surface area contributed by atoms with Gasteiger partial charge in [0.1, 0.15) is 11.8 Å². The average Bonchev–Trinajstić information content (AvgIpc) is 3.08. The van der Waals surface area contributed by atoms with Gasteiger partial charge in [-0.3, -0.25) is 4.79 Å². The van der Waals surface area contributed by atoms with Gasteiger partial charge in [-0.05, 0) is 29.8 Å². The molecule has 4 rings (SSSR count). The van der Waals surface area contributed by atoms with E-state index in [1.165, 1.54) is 16.8 Å². The third kappa shape index (κ3) is 3.38. The number of aliphatic hydroxyl groups is 1. The largest absolute Gasteiger partial charge is 0.395 e. The molecule has 1 atom stereocenters. The highest BCUT2D eigenvalue weighted by Crippen LogP contribution is 2.41. The molecule has 0 saturated carbocycles. The first-order chi connectivity index (χ1) is 14.3. The second kappa shape index (κ2) is 7.44. The standard InChI is InChI=1S/C21H19ClN6O2/c1-21(11-29)10-25-18-13(8-23)5-12(6-15(18)21)16-3-4-24-20(26-16)27-17-7-14(22)9-28(2)19(17)30/h3-7,9,25,29H,10-11H2,1-2H3,(H,24,26,27). The number of nitrogens with one attached hydrogen (secondary N) is 2. The van der Waals surface area contributed by atoms with Crippen molar-refractivity contribution in [2.24, 2.45) is 7.05 Å². The highest BCUT2D eigenvalue weighted by Gasteiger charge is 2.35. The molecule has 30 heavy (non-hydrogen) atoms. The van der Waals surface area contributed by atoms with Crippen LogP contribution in [0.15, 0.2) is 41.5 Å². The lowest BCUT2D eigenvalue weighted by Crippen LogP contribution is -2.28. The monoisotopic (exact) mass is 422 g/mol. The summed E-state index contributed by atoms with van der Waals surface area (Å²) in [6, 6.07) is 9.13. The van der Waals surface area contributed by atoms with Crippen molar-refractivity contribution in [2.75, 3.05) is 23.8 Å². The third-order valence-electron chi connectivity index (χ3n) is 5.26. The topological polar surface area (TPSA) is 116 Å². The molecule has 3 heterocycles. The molecule has 0 aliphatic carbocycles. The first kappa shape index (κ1) is 19.9. The van der Waals surface area contributed by atoms with Gasteiger partial charge < -0.3 is 20.3 Å². The molecule has 0 radical (unpaired) electrons. The number of nitrogens with zero attached hydrogens (tertiary/aromatic N) is 4. The molecule has 0 saturated heterocycles. The van der Waals surface area contributed by atoms with Crippen molar-refractivity contribution in [1.82, 2.24) is 14.5 Å². The van der Waals surface area contributed by atoms with Crippen LogP contribution >= 0.6 is 11.6 Å². The Hall–Kier alpha value is -3.41. The predicted octanol–water partition coefficient (Wildman–Crippen LogP) is 2.79. The molecule has 0 amide bonds. The van der Waals surface area contributed by atoms with Crippen LogP contribution in [0.4, 0.5) is 17.3 Å². The smallest absolute Gasteiger partial charge is 0.274 e. The van der Waals surface area contributed by atoms with Gasteiger partial charge in [-0.25, -0.2) is 9.97 Å². The summed E-state index contributed by atoms with van der Waals surface area (Å²) in [6.07, 6.45) is 3.09. The van der Waals surface area contributed by atoms with E-state index in [0.717, 1.165) is 16.8 Å². The van der Waals surface area contributed by atoms with Crippen molar-refractivity contribution in [3.8, 4) is 17.3 Å². The maximum atomic E-state index is 12.3. The Morgan fingerprint density at radius 2 is 2.23 bits per heavy atom. The zero-order valence-electron chi connectivity index (χ0n) is 16.4. The van der Waals surface area contributed by atoms with Crippen molar-refractivity contribution in [1.29, 1.82) is 5.26 Å². The summed E-state index contributed by atoms with van der Waals surface area (Å²) >= 11 is 6.05. The van der Waals surface area contributed by atoms with Gasteiger partial charge in [-0.2, -0.15) is 5.26 Å². The van der Waals surface area contributed by atoms with E-state index in [2.05, 4.69) is 26.7 Å². The Bertz CT molecular complexity index is 1250. The third-order valence-corrected chi connectivity index (χ3v) is 5.47. The number of nitriles is 1. The van der Waals surface area contributed by atoms with Gasteiger partial charge in [0, 0.05) is 37.0 Å². The Labute approximate surface area is 177 Å². The van der Waals surface area contributed by atoms with Crippen molar-refractivity contribution in [3.63, 3.8) is 0 Å². The van der Waals surface area contributed by atoms with E-state index in [9.17, 15) is 15.2 Å². The highest BCUT2D eigenvalue weighted by atomic mass is 35.5. The Balaban J connectivity index is 1.76. The quantitative estimate of drug-likeness (QED) is 0.592. The van der Waals surface area contributed by atoms with E-state index in [1.807, 2.05) is 13.0 Å². The van der Waals surface area contributed by atoms with Crippen molar-refractivity contribution >= 4 is 28.9 Å². The Morgan fingerprint density at radius 3 is 2.97 bits per heavy atom. The average molecular weight is 423 g/mol. The predicted molar refractivity (Wildman–Crippen MR) is 115 cm³/mol. The van der Waals surface area contributed by atoms with Crippen LogP contribution in [0.3, 0.4) is 0 Å².